The summed E-state index contributed by atoms with van der Waals surface area (Å²) >= 11 is 1.14. The first-order chi connectivity index (χ1) is 15.4. The van der Waals surface area contributed by atoms with Crippen LogP contribution in [0.15, 0.2) is 30.3 Å². The standard InChI is InChI=1S/C22H23N3O6S/c1-4-16-6-8-20(32-16)31-22(28)24-17(12-29-3)21(27)23-15-5-7-18(14(2)11-15)25-9-10-30-13-19(25)26/h1,5-8,11,17H,9-10,12-13H2,2-3H3,(H,23,27)(H,24,28)/t17-/m1/s1. The number of rotatable bonds is 7. The van der Waals surface area contributed by atoms with Crippen molar-refractivity contribution in [2.45, 2.75) is 13.0 Å². The van der Waals surface area contributed by atoms with Gasteiger partial charge in [-0.2, -0.15) is 0 Å². The molecule has 0 spiro atoms. The summed E-state index contributed by atoms with van der Waals surface area (Å²) in [6.45, 7) is 2.79. The predicted molar refractivity (Wildman–Crippen MR) is 120 cm³/mol. The second-order valence-corrected chi connectivity index (χ2v) is 7.94. The van der Waals surface area contributed by atoms with Gasteiger partial charge in [0.05, 0.1) is 18.1 Å². The van der Waals surface area contributed by atoms with Crippen molar-refractivity contribution in [3.05, 3.63) is 40.8 Å². The molecule has 1 atom stereocenters. The van der Waals surface area contributed by atoms with Gasteiger partial charge in [-0.15, -0.1) is 6.42 Å². The third kappa shape index (κ3) is 5.85. The Morgan fingerprint density at radius 1 is 1.34 bits per heavy atom. The fourth-order valence-corrected chi connectivity index (χ4v) is 3.77. The van der Waals surface area contributed by atoms with E-state index in [2.05, 4.69) is 16.6 Å². The number of ether oxygens (including phenoxy) is 3. The number of anilines is 2. The molecule has 168 valence electrons. The number of amides is 3. The Morgan fingerprint density at radius 2 is 2.16 bits per heavy atom. The zero-order valence-electron chi connectivity index (χ0n) is 17.7. The molecule has 0 saturated carbocycles. The van der Waals surface area contributed by atoms with Crippen molar-refractivity contribution in [2.75, 3.05) is 43.7 Å². The number of morpholine rings is 1. The summed E-state index contributed by atoms with van der Waals surface area (Å²) in [6, 6.07) is 7.46. The van der Waals surface area contributed by atoms with Gasteiger partial charge in [0.15, 0.2) is 5.06 Å². The number of carbonyl (C=O) groups excluding carboxylic acids is 3. The van der Waals surface area contributed by atoms with E-state index in [4.69, 9.17) is 20.6 Å². The minimum Gasteiger partial charge on any atom is -0.399 e. The molecule has 0 aliphatic carbocycles. The summed E-state index contributed by atoms with van der Waals surface area (Å²) in [5, 5.41) is 5.55. The number of benzene rings is 1. The van der Waals surface area contributed by atoms with Crippen LogP contribution < -0.4 is 20.3 Å². The molecule has 3 rings (SSSR count). The lowest BCUT2D eigenvalue weighted by molar-refractivity contribution is -0.125. The fourth-order valence-electron chi connectivity index (χ4n) is 3.10. The Kier molecular flexibility index (Phi) is 7.83. The highest BCUT2D eigenvalue weighted by Crippen LogP contribution is 2.25. The van der Waals surface area contributed by atoms with E-state index in [1.807, 2.05) is 6.92 Å². The average molecular weight is 458 g/mol. The number of methoxy groups -OCH3 is 1. The Hall–Kier alpha value is -3.39. The van der Waals surface area contributed by atoms with Gasteiger partial charge in [-0.25, -0.2) is 4.79 Å². The lowest BCUT2D eigenvalue weighted by Crippen LogP contribution is -2.47. The molecule has 0 unspecified atom stereocenters. The van der Waals surface area contributed by atoms with Crippen LogP contribution in [0, 0.1) is 19.3 Å². The minimum absolute atomic E-state index is 0.0495. The SMILES string of the molecule is C#Cc1ccc(OC(=O)N[C@H](COC)C(=O)Nc2ccc(N3CCOCC3=O)c(C)c2)s1. The highest BCUT2D eigenvalue weighted by molar-refractivity contribution is 7.14. The Balaban J connectivity index is 1.63. The molecule has 0 radical (unpaired) electrons. The molecule has 1 aromatic carbocycles. The number of hydrogen-bond acceptors (Lipinski definition) is 7. The number of hydrogen-bond donors (Lipinski definition) is 2. The summed E-state index contributed by atoms with van der Waals surface area (Å²) in [5.41, 5.74) is 2.09. The van der Waals surface area contributed by atoms with Crippen LogP contribution >= 0.6 is 11.3 Å². The zero-order valence-corrected chi connectivity index (χ0v) is 18.5. The van der Waals surface area contributed by atoms with Crippen LogP contribution in [0.5, 0.6) is 5.06 Å². The van der Waals surface area contributed by atoms with E-state index >= 15 is 0 Å². The number of terminal acetylenes is 1. The van der Waals surface area contributed by atoms with Crippen LogP contribution in [0.3, 0.4) is 0 Å². The Bertz CT molecular complexity index is 1040. The molecule has 0 bridgehead atoms. The van der Waals surface area contributed by atoms with Gasteiger partial charge in [0.2, 0.25) is 5.91 Å². The monoisotopic (exact) mass is 457 g/mol. The van der Waals surface area contributed by atoms with E-state index in [1.165, 1.54) is 7.11 Å². The Morgan fingerprint density at radius 3 is 2.81 bits per heavy atom. The molecule has 9 nitrogen and oxygen atoms in total. The number of carbonyl (C=O) groups is 3. The molecule has 3 amide bonds. The van der Waals surface area contributed by atoms with Gasteiger partial charge in [0.25, 0.3) is 5.91 Å². The van der Waals surface area contributed by atoms with Crippen LogP contribution in [0.4, 0.5) is 16.2 Å². The fraction of sp³-hybridized carbons (Fsp3) is 0.318. The first kappa shape index (κ1) is 23.3. The van der Waals surface area contributed by atoms with Crippen molar-refractivity contribution >= 4 is 40.6 Å². The van der Waals surface area contributed by atoms with Gasteiger partial charge in [-0.05, 0) is 42.8 Å². The van der Waals surface area contributed by atoms with Crippen LogP contribution in [-0.2, 0) is 19.1 Å². The van der Waals surface area contributed by atoms with Crippen molar-refractivity contribution in [3.63, 3.8) is 0 Å². The van der Waals surface area contributed by atoms with Gasteiger partial charge < -0.3 is 29.7 Å². The van der Waals surface area contributed by atoms with Gasteiger partial charge in [-0.3, -0.25) is 9.59 Å². The third-order valence-electron chi connectivity index (χ3n) is 4.60. The van der Waals surface area contributed by atoms with Crippen molar-refractivity contribution in [1.82, 2.24) is 5.32 Å². The highest BCUT2D eigenvalue weighted by Gasteiger charge is 2.24. The summed E-state index contributed by atoms with van der Waals surface area (Å²) in [4.78, 5) is 39.3. The van der Waals surface area contributed by atoms with Crippen molar-refractivity contribution < 1.29 is 28.6 Å². The summed E-state index contributed by atoms with van der Waals surface area (Å²) in [5.74, 6) is 1.86. The van der Waals surface area contributed by atoms with Gasteiger partial charge in [0.1, 0.15) is 12.6 Å². The summed E-state index contributed by atoms with van der Waals surface area (Å²) in [6.07, 6.45) is 4.51. The molecule has 2 N–H and O–H groups in total. The smallest absolute Gasteiger partial charge is 0.399 e. The number of aryl methyl sites for hydroxylation is 1. The summed E-state index contributed by atoms with van der Waals surface area (Å²) in [7, 11) is 1.42. The van der Waals surface area contributed by atoms with Gasteiger partial charge >= 0.3 is 6.09 Å². The number of nitrogens with zero attached hydrogens (tertiary/aromatic N) is 1. The van der Waals surface area contributed by atoms with Crippen LogP contribution in [-0.4, -0.2) is 57.4 Å². The van der Waals surface area contributed by atoms with Gasteiger partial charge in [0, 0.05) is 25.0 Å². The molecule has 1 fully saturated rings. The van der Waals surface area contributed by atoms with Crippen molar-refractivity contribution in [3.8, 4) is 17.4 Å². The maximum absolute atomic E-state index is 12.7. The molecule has 1 aromatic heterocycles. The van der Waals surface area contributed by atoms with E-state index in [1.54, 1.807) is 35.2 Å². The highest BCUT2D eigenvalue weighted by atomic mass is 32.1. The van der Waals surface area contributed by atoms with Crippen LogP contribution in [0.1, 0.15) is 10.4 Å². The lowest BCUT2D eigenvalue weighted by atomic mass is 10.1. The second-order valence-electron chi connectivity index (χ2n) is 6.89. The molecule has 32 heavy (non-hydrogen) atoms. The van der Waals surface area contributed by atoms with Crippen LogP contribution in [0.25, 0.3) is 0 Å². The maximum Gasteiger partial charge on any atom is 0.414 e. The molecule has 1 aliphatic rings. The lowest BCUT2D eigenvalue weighted by Gasteiger charge is -2.28. The molecule has 10 heteroatoms. The minimum atomic E-state index is -0.986. The van der Waals surface area contributed by atoms with E-state index in [-0.39, 0.29) is 19.1 Å². The second kappa shape index (κ2) is 10.8. The Labute approximate surface area is 189 Å². The van der Waals surface area contributed by atoms with E-state index < -0.39 is 18.0 Å². The van der Waals surface area contributed by atoms with Crippen molar-refractivity contribution in [2.24, 2.45) is 0 Å². The van der Waals surface area contributed by atoms with E-state index in [0.29, 0.717) is 28.8 Å². The topological polar surface area (TPSA) is 106 Å². The zero-order chi connectivity index (χ0) is 23.1. The first-order valence-corrected chi connectivity index (χ1v) is 10.6. The molecule has 1 saturated heterocycles. The average Bonchev–Trinajstić information content (AvgIpc) is 3.21. The summed E-state index contributed by atoms with van der Waals surface area (Å²) < 4.78 is 15.4. The molecular weight excluding hydrogens is 434 g/mol. The first-order valence-electron chi connectivity index (χ1n) is 9.74. The largest absolute Gasteiger partial charge is 0.414 e. The van der Waals surface area contributed by atoms with Crippen molar-refractivity contribution in [1.29, 1.82) is 0 Å². The predicted octanol–water partition coefficient (Wildman–Crippen LogP) is 2.14. The molecule has 1 aliphatic heterocycles. The molecule has 2 aromatic rings. The quantitative estimate of drug-likeness (QED) is 0.617. The van der Waals surface area contributed by atoms with Crippen LogP contribution in [0.2, 0.25) is 0 Å². The van der Waals surface area contributed by atoms with E-state index in [0.717, 1.165) is 22.6 Å². The molecule has 2 heterocycles. The normalized spacial score (nSPS) is 14.4. The van der Waals surface area contributed by atoms with E-state index in [9.17, 15) is 14.4 Å². The maximum atomic E-state index is 12.7. The molecular formula is C22H23N3O6S. The van der Waals surface area contributed by atoms with Gasteiger partial charge in [-0.1, -0.05) is 17.3 Å². The number of nitrogens with one attached hydrogen (secondary N) is 2. The number of thiophene rings is 1. The third-order valence-corrected chi connectivity index (χ3v) is 5.49.